The van der Waals surface area contributed by atoms with Crippen molar-refractivity contribution in [3.63, 3.8) is 0 Å². The third-order valence-electron chi connectivity index (χ3n) is 2.03. The van der Waals surface area contributed by atoms with Crippen LogP contribution in [0.2, 0.25) is 0 Å². The third-order valence-corrected chi connectivity index (χ3v) is 2.57. The topological polar surface area (TPSA) is 54.4 Å². The Kier molecular flexibility index (Phi) is 3.86. The van der Waals surface area contributed by atoms with Crippen LogP contribution < -0.4 is 0 Å². The number of halogens is 1. The minimum atomic E-state index is -0.935. The molecule has 0 saturated heterocycles. The summed E-state index contributed by atoms with van der Waals surface area (Å²) < 4.78 is 0. The molecule has 3 nitrogen and oxygen atoms in total. The average Bonchev–Trinajstić information content (AvgIpc) is 2.16. The summed E-state index contributed by atoms with van der Waals surface area (Å²) in [5, 5.41) is 7.92. The van der Waals surface area contributed by atoms with Gasteiger partial charge in [0.05, 0.1) is 6.42 Å². The van der Waals surface area contributed by atoms with Crippen molar-refractivity contribution in [2.24, 2.45) is 0 Å². The molecule has 0 aliphatic carbocycles. The highest BCUT2D eigenvalue weighted by atomic mass is 35.5. The minimum absolute atomic E-state index is 0.118. The number of hydrogen-bond acceptors (Lipinski definition) is 2. The fraction of sp³-hybridized carbons (Fsp3) is 0.273. The van der Waals surface area contributed by atoms with Gasteiger partial charge in [0.2, 0.25) is 0 Å². The fourth-order valence-electron chi connectivity index (χ4n) is 1.32. The first-order valence-corrected chi connectivity index (χ1v) is 4.90. The number of hydrogen-bond donors (Lipinski definition) is 1. The first-order valence-electron chi connectivity index (χ1n) is 4.46. The van der Waals surface area contributed by atoms with Gasteiger partial charge in [-0.3, -0.25) is 9.59 Å². The molecule has 1 N–H and O–H groups in total. The van der Waals surface area contributed by atoms with E-state index in [2.05, 4.69) is 0 Å². The number of Topliss-reactive ketones (excluding diaryl/α,β-unsaturated/α-hetero) is 1. The van der Waals surface area contributed by atoms with Gasteiger partial charge in [-0.1, -0.05) is 24.3 Å². The average molecular weight is 227 g/mol. The minimum Gasteiger partial charge on any atom is -0.481 e. The van der Waals surface area contributed by atoms with Gasteiger partial charge in [0.25, 0.3) is 0 Å². The van der Waals surface area contributed by atoms with Crippen LogP contribution in [-0.4, -0.2) is 16.9 Å². The van der Waals surface area contributed by atoms with Crippen LogP contribution in [0.15, 0.2) is 24.3 Å². The Hall–Kier alpha value is -1.35. The van der Waals surface area contributed by atoms with Gasteiger partial charge in [-0.15, -0.1) is 11.6 Å². The van der Waals surface area contributed by atoms with Crippen molar-refractivity contribution in [2.45, 2.75) is 18.7 Å². The van der Waals surface area contributed by atoms with Gasteiger partial charge in [0.15, 0.2) is 5.78 Å². The van der Waals surface area contributed by atoms with E-state index in [1.165, 1.54) is 6.92 Å². The number of alkyl halides is 1. The lowest BCUT2D eigenvalue weighted by molar-refractivity contribution is -0.136. The largest absolute Gasteiger partial charge is 0.481 e. The van der Waals surface area contributed by atoms with Crippen LogP contribution in [0, 0.1) is 0 Å². The van der Waals surface area contributed by atoms with Crippen LogP contribution >= 0.6 is 11.6 Å². The number of rotatable bonds is 4. The maximum absolute atomic E-state index is 11.1. The molecular formula is C11H11ClO3. The number of aliphatic carboxylic acids is 1. The highest BCUT2D eigenvalue weighted by Crippen LogP contribution is 2.25. The molecule has 0 heterocycles. The van der Waals surface area contributed by atoms with Crippen LogP contribution in [0.3, 0.4) is 0 Å². The standard InChI is InChI=1S/C11H11ClO3/c1-7(13)11(12)9-5-3-2-4-8(9)6-10(14)15/h2-5,11H,6H2,1H3,(H,14,15). The third kappa shape index (κ3) is 3.06. The van der Waals surface area contributed by atoms with Crippen molar-refractivity contribution in [2.75, 3.05) is 0 Å². The number of carbonyl (C=O) groups excluding carboxylic acids is 1. The van der Waals surface area contributed by atoms with Crippen LogP contribution in [0.25, 0.3) is 0 Å². The van der Waals surface area contributed by atoms with E-state index < -0.39 is 11.3 Å². The van der Waals surface area contributed by atoms with Gasteiger partial charge in [0.1, 0.15) is 5.38 Å². The van der Waals surface area contributed by atoms with Gasteiger partial charge >= 0.3 is 5.97 Å². The molecule has 1 rings (SSSR count). The maximum Gasteiger partial charge on any atom is 0.307 e. The smallest absolute Gasteiger partial charge is 0.307 e. The van der Waals surface area contributed by atoms with Gasteiger partial charge in [-0.2, -0.15) is 0 Å². The van der Waals surface area contributed by atoms with Crippen molar-refractivity contribution < 1.29 is 14.7 Å². The zero-order valence-electron chi connectivity index (χ0n) is 8.24. The highest BCUT2D eigenvalue weighted by molar-refractivity contribution is 6.30. The molecular weight excluding hydrogens is 216 g/mol. The lowest BCUT2D eigenvalue weighted by Gasteiger charge is -2.10. The predicted octanol–water partition coefficient (Wildman–Crippen LogP) is 2.18. The normalized spacial score (nSPS) is 12.1. The van der Waals surface area contributed by atoms with Crippen molar-refractivity contribution in [1.29, 1.82) is 0 Å². The molecule has 4 heteroatoms. The molecule has 0 saturated carbocycles. The lowest BCUT2D eigenvalue weighted by atomic mass is 10.00. The zero-order chi connectivity index (χ0) is 11.4. The van der Waals surface area contributed by atoms with E-state index in [-0.39, 0.29) is 12.2 Å². The number of ketones is 1. The summed E-state index contributed by atoms with van der Waals surface area (Å²) in [7, 11) is 0. The molecule has 0 fully saturated rings. The molecule has 1 aromatic rings. The quantitative estimate of drug-likeness (QED) is 0.801. The number of carboxylic acids is 1. The summed E-state index contributed by atoms with van der Waals surface area (Å²) in [4.78, 5) is 21.7. The predicted molar refractivity (Wildman–Crippen MR) is 57.1 cm³/mol. The van der Waals surface area contributed by atoms with E-state index in [0.717, 1.165) is 0 Å². The number of carbonyl (C=O) groups is 2. The van der Waals surface area contributed by atoms with Gasteiger partial charge in [0, 0.05) is 0 Å². The Balaban J connectivity index is 3.05. The summed E-state index contributed by atoms with van der Waals surface area (Å²) >= 11 is 5.89. The van der Waals surface area contributed by atoms with Crippen LogP contribution in [0.5, 0.6) is 0 Å². The van der Waals surface area contributed by atoms with Crippen molar-refractivity contribution in [3.8, 4) is 0 Å². The Bertz CT molecular complexity index is 387. The van der Waals surface area contributed by atoms with Crippen LogP contribution in [-0.2, 0) is 16.0 Å². The number of benzene rings is 1. The monoisotopic (exact) mass is 226 g/mol. The van der Waals surface area contributed by atoms with E-state index in [9.17, 15) is 9.59 Å². The molecule has 1 aromatic carbocycles. The van der Waals surface area contributed by atoms with E-state index in [4.69, 9.17) is 16.7 Å². The second-order valence-electron chi connectivity index (χ2n) is 3.24. The first kappa shape index (κ1) is 11.7. The van der Waals surface area contributed by atoms with Crippen molar-refractivity contribution >= 4 is 23.4 Å². The highest BCUT2D eigenvalue weighted by Gasteiger charge is 2.17. The molecule has 1 unspecified atom stereocenters. The van der Waals surface area contributed by atoms with Gasteiger partial charge in [-0.25, -0.2) is 0 Å². The summed E-state index contributed by atoms with van der Waals surface area (Å²) in [6, 6.07) is 6.81. The molecule has 15 heavy (non-hydrogen) atoms. The molecule has 0 amide bonds. The first-order chi connectivity index (χ1) is 7.02. The Labute approximate surface area is 92.7 Å². The summed E-state index contributed by atoms with van der Waals surface area (Å²) in [6.07, 6.45) is -0.118. The Morgan fingerprint density at radius 3 is 2.53 bits per heavy atom. The second-order valence-corrected chi connectivity index (χ2v) is 3.68. The van der Waals surface area contributed by atoms with E-state index >= 15 is 0 Å². The lowest BCUT2D eigenvalue weighted by Crippen LogP contribution is -2.08. The molecule has 0 aromatic heterocycles. The number of carboxylic acid groups (broad SMARTS) is 1. The molecule has 0 radical (unpaired) electrons. The van der Waals surface area contributed by atoms with E-state index in [0.29, 0.717) is 11.1 Å². The molecule has 0 spiro atoms. The van der Waals surface area contributed by atoms with Gasteiger partial charge in [-0.05, 0) is 18.1 Å². The summed E-state index contributed by atoms with van der Waals surface area (Å²) in [5.74, 6) is -1.12. The van der Waals surface area contributed by atoms with Gasteiger partial charge < -0.3 is 5.11 Å². The molecule has 0 aliphatic heterocycles. The molecule has 1 atom stereocenters. The SMILES string of the molecule is CC(=O)C(Cl)c1ccccc1CC(=O)O. The summed E-state index contributed by atoms with van der Waals surface area (Å²) in [5.41, 5.74) is 1.16. The second kappa shape index (κ2) is 4.94. The molecule has 80 valence electrons. The Morgan fingerprint density at radius 2 is 2.00 bits per heavy atom. The van der Waals surface area contributed by atoms with Crippen molar-refractivity contribution in [3.05, 3.63) is 35.4 Å². The van der Waals surface area contributed by atoms with Crippen LogP contribution in [0.4, 0.5) is 0 Å². The van der Waals surface area contributed by atoms with Crippen molar-refractivity contribution in [1.82, 2.24) is 0 Å². The summed E-state index contributed by atoms with van der Waals surface area (Å²) in [6.45, 7) is 1.38. The maximum atomic E-state index is 11.1. The fourth-order valence-corrected chi connectivity index (χ4v) is 1.54. The Morgan fingerprint density at radius 1 is 1.40 bits per heavy atom. The van der Waals surface area contributed by atoms with E-state index in [1.54, 1.807) is 24.3 Å². The molecule has 0 aliphatic rings. The zero-order valence-corrected chi connectivity index (χ0v) is 8.99. The van der Waals surface area contributed by atoms with E-state index in [1.807, 2.05) is 0 Å². The molecule has 0 bridgehead atoms. The van der Waals surface area contributed by atoms with Crippen LogP contribution in [0.1, 0.15) is 23.4 Å².